The second-order valence-electron chi connectivity index (χ2n) is 5.44. The van der Waals surface area contributed by atoms with E-state index >= 15 is 0 Å². The summed E-state index contributed by atoms with van der Waals surface area (Å²) < 4.78 is 5.65. The molecular formula is C15H14ClNO4. The monoisotopic (exact) mass is 307 g/mol. The zero-order valence-electron chi connectivity index (χ0n) is 11.2. The molecule has 5 nitrogen and oxygen atoms in total. The van der Waals surface area contributed by atoms with E-state index in [9.17, 15) is 14.7 Å². The molecule has 2 aliphatic rings. The minimum atomic E-state index is -1.03. The first-order valence-electron chi connectivity index (χ1n) is 6.58. The Labute approximate surface area is 126 Å². The van der Waals surface area contributed by atoms with Crippen LogP contribution in [0.15, 0.2) is 36.4 Å². The van der Waals surface area contributed by atoms with Crippen LogP contribution in [-0.4, -0.2) is 28.7 Å². The van der Waals surface area contributed by atoms with Crippen molar-refractivity contribution in [1.29, 1.82) is 0 Å². The van der Waals surface area contributed by atoms with Crippen LogP contribution in [-0.2, 0) is 14.3 Å². The molecule has 6 heteroatoms. The molecule has 2 bridgehead atoms. The molecule has 3 rings (SSSR count). The Kier molecular flexibility index (Phi) is 3.26. The fourth-order valence-electron chi connectivity index (χ4n) is 3.05. The first-order chi connectivity index (χ1) is 9.92. The summed E-state index contributed by atoms with van der Waals surface area (Å²) in [6.07, 6.45) is 2.90. The summed E-state index contributed by atoms with van der Waals surface area (Å²) >= 11 is 6.01. The van der Waals surface area contributed by atoms with Crippen LogP contribution in [0.25, 0.3) is 0 Å². The van der Waals surface area contributed by atoms with Crippen molar-refractivity contribution in [3.8, 4) is 0 Å². The molecule has 0 aromatic heterocycles. The van der Waals surface area contributed by atoms with Gasteiger partial charge in [0.1, 0.15) is 5.92 Å². The Morgan fingerprint density at radius 3 is 2.76 bits per heavy atom. The zero-order valence-corrected chi connectivity index (χ0v) is 12.0. The lowest BCUT2D eigenvalue weighted by Gasteiger charge is -2.27. The van der Waals surface area contributed by atoms with Gasteiger partial charge in [-0.05, 0) is 19.1 Å². The maximum absolute atomic E-state index is 12.5. The highest BCUT2D eigenvalue weighted by Gasteiger charge is 2.59. The van der Waals surface area contributed by atoms with Crippen LogP contribution in [0, 0.1) is 11.8 Å². The third-order valence-electron chi connectivity index (χ3n) is 4.04. The molecule has 2 heterocycles. The highest BCUT2D eigenvalue weighted by atomic mass is 35.5. The lowest BCUT2D eigenvalue weighted by molar-refractivity contribution is -0.146. The van der Waals surface area contributed by atoms with Gasteiger partial charge < -0.3 is 15.2 Å². The number of hydrogen-bond acceptors (Lipinski definition) is 3. The van der Waals surface area contributed by atoms with Gasteiger partial charge in [-0.3, -0.25) is 9.59 Å². The van der Waals surface area contributed by atoms with Gasteiger partial charge in [0.05, 0.1) is 28.3 Å². The third-order valence-corrected chi connectivity index (χ3v) is 4.37. The van der Waals surface area contributed by atoms with Gasteiger partial charge in [0.25, 0.3) is 0 Å². The minimum absolute atomic E-state index is 0.398. The Balaban J connectivity index is 1.88. The first kappa shape index (κ1) is 14.1. The van der Waals surface area contributed by atoms with Crippen molar-refractivity contribution in [2.75, 3.05) is 5.32 Å². The van der Waals surface area contributed by atoms with Crippen LogP contribution in [0.2, 0.25) is 5.02 Å². The zero-order chi connectivity index (χ0) is 15.2. The molecule has 0 aliphatic carbocycles. The number of nitrogens with one attached hydrogen (secondary N) is 1. The number of amides is 1. The number of fused-ring (bicyclic) bond motifs is 2. The fraction of sp³-hybridized carbons (Fsp3) is 0.333. The van der Waals surface area contributed by atoms with Crippen molar-refractivity contribution in [2.45, 2.75) is 18.6 Å². The van der Waals surface area contributed by atoms with Crippen molar-refractivity contribution in [2.24, 2.45) is 11.8 Å². The number of aliphatic carboxylic acids is 1. The van der Waals surface area contributed by atoms with Gasteiger partial charge in [0.15, 0.2) is 0 Å². The molecule has 2 aliphatic heterocycles. The van der Waals surface area contributed by atoms with Gasteiger partial charge in [-0.1, -0.05) is 35.9 Å². The van der Waals surface area contributed by atoms with Crippen molar-refractivity contribution in [3.05, 3.63) is 41.4 Å². The molecule has 1 aromatic carbocycles. The average molecular weight is 308 g/mol. The van der Waals surface area contributed by atoms with Gasteiger partial charge in [-0.15, -0.1) is 0 Å². The number of carbonyl (C=O) groups excluding carboxylic acids is 1. The maximum Gasteiger partial charge on any atom is 0.310 e. The van der Waals surface area contributed by atoms with E-state index in [0.717, 1.165) is 0 Å². The standard InChI is InChI=1S/C15H14ClNO4/c1-15-7-6-10(21-15)11(14(19)20)12(15)13(18)17-9-5-3-2-4-8(9)16/h2-7,10-12H,1H3,(H,17,18)(H,19,20). The van der Waals surface area contributed by atoms with Gasteiger partial charge in [-0.25, -0.2) is 0 Å². The fourth-order valence-corrected chi connectivity index (χ4v) is 3.24. The van der Waals surface area contributed by atoms with E-state index in [1.165, 1.54) is 0 Å². The molecule has 1 fully saturated rings. The van der Waals surface area contributed by atoms with E-state index in [2.05, 4.69) is 5.32 Å². The highest BCUT2D eigenvalue weighted by molar-refractivity contribution is 6.33. The normalized spacial score (nSPS) is 33.1. The van der Waals surface area contributed by atoms with Gasteiger partial charge in [0.2, 0.25) is 5.91 Å². The Morgan fingerprint density at radius 2 is 2.10 bits per heavy atom. The second kappa shape index (κ2) is 4.86. The number of halogens is 1. The van der Waals surface area contributed by atoms with Crippen molar-refractivity contribution >= 4 is 29.2 Å². The number of carbonyl (C=O) groups is 2. The number of para-hydroxylation sites is 1. The van der Waals surface area contributed by atoms with Gasteiger partial charge >= 0.3 is 5.97 Å². The Bertz CT molecular complexity index is 644. The van der Waals surface area contributed by atoms with Crippen LogP contribution >= 0.6 is 11.6 Å². The van der Waals surface area contributed by atoms with Crippen molar-refractivity contribution < 1.29 is 19.4 Å². The molecule has 4 unspecified atom stereocenters. The largest absolute Gasteiger partial charge is 0.481 e. The SMILES string of the molecule is CC12C=CC(O1)C(C(=O)O)C2C(=O)Nc1ccccc1Cl. The van der Waals surface area contributed by atoms with Crippen molar-refractivity contribution in [1.82, 2.24) is 0 Å². The molecular weight excluding hydrogens is 294 g/mol. The first-order valence-corrected chi connectivity index (χ1v) is 6.95. The van der Waals surface area contributed by atoms with E-state index in [-0.39, 0.29) is 0 Å². The molecule has 1 saturated heterocycles. The molecule has 1 amide bonds. The average Bonchev–Trinajstić information content (AvgIpc) is 2.94. The van der Waals surface area contributed by atoms with E-state index in [0.29, 0.717) is 10.7 Å². The number of rotatable bonds is 3. The van der Waals surface area contributed by atoms with E-state index in [4.69, 9.17) is 16.3 Å². The topological polar surface area (TPSA) is 75.6 Å². The molecule has 1 aromatic rings. The number of benzene rings is 1. The van der Waals surface area contributed by atoms with Crippen LogP contribution in [0.4, 0.5) is 5.69 Å². The van der Waals surface area contributed by atoms with E-state index in [1.54, 1.807) is 43.3 Å². The summed E-state index contributed by atoms with van der Waals surface area (Å²) in [7, 11) is 0. The summed E-state index contributed by atoms with van der Waals surface area (Å²) in [6, 6.07) is 6.82. The summed E-state index contributed by atoms with van der Waals surface area (Å²) in [5, 5.41) is 12.5. The van der Waals surface area contributed by atoms with Gasteiger partial charge in [0, 0.05) is 0 Å². The smallest absolute Gasteiger partial charge is 0.310 e. The Hall–Kier alpha value is -1.85. The number of carboxylic acid groups (broad SMARTS) is 1. The van der Waals surface area contributed by atoms with E-state index in [1.807, 2.05) is 0 Å². The molecule has 0 radical (unpaired) electrons. The quantitative estimate of drug-likeness (QED) is 0.840. The minimum Gasteiger partial charge on any atom is -0.481 e. The predicted molar refractivity (Wildman–Crippen MR) is 77.1 cm³/mol. The van der Waals surface area contributed by atoms with Crippen LogP contribution in [0.3, 0.4) is 0 Å². The third kappa shape index (κ3) is 2.22. The van der Waals surface area contributed by atoms with Crippen LogP contribution in [0.1, 0.15) is 6.92 Å². The predicted octanol–water partition coefficient (Wildman–Crippen LogP) is 2.32. The van der Waals surface area contributed by atoms with Crippen LogP contribution in [0.5, 0.6) is 0 Å². The molecule has 0 saturated carbocycles. The van der Waals surface area contributed by atoms with Crippen molar-refractivity contribution in [3.63, 3.8) is 0 Å². The lowest BCUT2D eigenvalue weighted by Crippen LogP contribution is -2.44. The number of hydrogen-bond donors (Lipinski definition) is 2. The number of ether oxygens (including phenoxy) is 1. The Morgan fingerprint density at radius 1 is 1.38 bits per heavy atom. The summed E-state index contributed by atoms with van der Waals surface area (Å²) in [5.41, 5.74) is -0.428. The summed E-state index contributed by atoms with van der Waals surface area (Å²) in [4.78, 5) is 24.0. The summed E-state index contributed by atoms with van der Waals surface area (Å²) in [5.74, 6) is -3.11. The van der Waals surface area contributed by atoms with Gasteiger partial charge in [-0.2, -0.15) is 0 Å². The molecule has 2 N–H and O–H groups in total. The maximum atomic E-state index is 12.5. The summed E-state index contributed by atoms with van der Waals surface area (Å²) in [6.45, 7) is 1.73. The molecule has 4 atom stereocenters. The number of anilines is 1. The molecule has 110 valence electrons. The highest BCUT2D eigenvalue weighted by Crippen LogP contribution is 2.47. The van der Waals surface area contributed by atoms with E-state index < -0.39 is 35.4 Å². The van der Waals surface area contributed by atoms with Crippen LogP contribution < -0.4 is 5.32 Å². The molecule has 0 spiro atoms. The number of carboxylic acids is 1. The second-order valence-corrected chi connectivity index (χ2v) is 5.84. The molecule has 21 heavy (non-hydrogen) atoms. The lowest BCUT2D eigenvalue weighted by atomic mass is 9.75.